The molecule has 2 fully saturated rings. The molecule has 1 aromatic heterocycles. The van der Waals surface area contributed by atoms with Gasteiger partial charge in [-0.05, 0) is 50.9 Å². The van der Waals surface area contributed by atoms with E-state index in [1.54, 1.807) is 0 Å². The molecule has 7 heteroatoms. The van der Waals surface area contributed by atoms with Crippen LogP contribution < -0.4 is 0 Å². The van der Waals surface area contributed by atoms with Crippen molar-refractivity contribution in [2.75, 3.05) is 31.9 Å². The Morgan fingerprint density at radius 1 is 0.875 bits per heavy atom. The van der Waals surface area contributed by atoms with Gasteiger partial charge in [0.05, 0.1) is 5.75 Å². The summed E-state index contributed by atoms with van der Waals surface area (Å²) in [6.07, 6.45) is 4.83. The highest BCUT2D eigenvalue weighted by molar-refractivity contribution is 7.99. The smallest absolute Gasteiger partial charge is 0.233 e. The monoisotopic (exact) mass is 447 g/mol. The Hall–Kier alpha value is -2.64. The lowest BCUT2D eigenvalue weighted by Crippen LogP contribution is -2.46. The number of amides is 1. The van der Waals surface area contributed by atoms with Gasteiger partial charge in [-0.25, -0.2) is 0 Å². The van der Waals surface area contributed by atoms with Crippen LogP contribution in [0.2, 0.25) is 0 Å². The Kier molecular flexibility index (Phi) is 6.55. The number of piperidine rings is 1. The van der Waals surface area contributed by atoms with Crippen LogP contribution >= 0.6 is 11.8 Å². The maximum atomic E-state index is 13.0. The predicted molar refractivity (Wildman–Crippen MR) is 128 cm³/mol. The molecule has 0 N–H and O–H groups in total. The first-order valence-electron chi connectivity index (χ1n) is 11.5. The first-order valence-corrected chi connectivity index (χ1v) is 12.5. The number of likely N-dealkylation sites (tertiary alicyclic amines) is 2. The zero-order valence-corrected chi connectivity index (χ0v) is 19.1. The second kappa shape index (κ2) is 9.88. The van der Waals surface area contributed by atoms with Crippen molar-refractivity contribution >= 4 is 17.7 Å². The van der Waals surface area contributed by atoms with Crippen LogP contribution in [0.15, 0.2) is 65.8 Å². The van der Waals surface area contributed by atoms with Crippen LogP contribution in [-0.4, -0.2) is 68.4 Å². The Morgan fingerprint density at radius 3 is 2.22 bits per heavy atom. The van der Waals surface area contributed by atoms with Gasteiger partial charge in [-0.2, -0.15) is 0 Å². The molecule has 166 valence electrons. The summed E-state index contributed by atoms with van der Waals surface area (Å²) < 4.78 is 2.05. The Balaban J connectivity index is 1.27. The van der Waals surface area contributed by atoms with Crippen molar-refractivity contribution in [3.8, 4) is 17.1 Å². The largest absolute Gasteiger partial charge is 0.342 e. The molecule has 0 bridgehead atoms. The molecule has 0 radical (unpaired) electrons. The van der Waals surface area contributed by atoms with E-state index in [1.807, 2.05) is 70.1 Å². The average molecular weight is 448 g/mol. The van der Waals surface area contributed by atoms with E-state index >= 15 is 0 Å². The molecule has 1 amide bonds. The van der Waals surface area contributed by atoms with Crippen molar-refractivity contribution in [1.29, 1.82) is 0 Å². The molecule has 2 aromatic carbocycles. The van der Waals surface area contributed by atoms with Gasteiger partial charge in [0.25, 0.3) is 0 Å². The number of hydrogen-bond donors (Lipinski definition) is 0. The topological polar surface area (TPSA) is 54.3 Å². The van der Waals surface area contributed by atoms with E-state index in [9.17, 15) is 4.79 Å². The van der Waals surface area contributed by atoms with Gasteiger partial charge in [-0.15, -0.1) is 10.2 Å². The second-order valence-electron chi connectivity index (χ2n) is 8.49. The van der Waals surface area contributed by atoms with E-state index in [0.717, 1.165) is 48.2 Å². The van der Waals surface area contributed by atoms with Crippen molar-refractivity contribution < 1.29 is 4.79 Å². The third-order valence-corrected chi connectivity index (χ3v) is 7.39. The van der Waals surface area contributed by atoms with Crippen LogP contribution in [0.3, 0.4) is 0 Å². The minimum absolute atomic E-state index is 0.193. The Bertz CT molecular complexity index is 1030. The number of aromatic nitrogens is 3. The van der Waals surface area contributed by atoms with Gasteiger partial charge in [0.15, 0.2) is 11.0 Å². The van der Waals surface area contributed by atoms with E-state index < -0.39 is 0 Å². The minimum atomic E-state index is 0.193. The van der Waals surface area contributed by atoms with Crippen LogP contribution in [0.4, 0.5) is 0 Å². The molecule has 2 saturated heterocycles. The Labute approximate surface area is 193 Å². The summed E-state index contributed by atoms with van der Waals surface area (Å²) >= 11 is 1.47. The highest BCUT2D eigenvalue weighted by Gasteiger charge is 2.28. The van der Waals surface area contributed by atoms with E-state index in [-0.39, 0.29) is 5.91 Å². The van der Waals surface area contributed by atoms with Gasteiger partial charge in [0.2, 0.25) is 5.91 Å². The molecule has 6 nitrogen and oxygen atoms in total. The zero-order valence-electron chi connectivity index (χ0n) is 18.3. The number of carbonyl (C=O) groups excluding carboxylic acids is 1. The molecular formula is C25H29N5OS. The van der Waals surface area contributed by atoms with Gasteiger partial charge in [-0.3, -0.25) is 9.36 Å². The molecule has 32 heavy (non-hydrogen) atoms. The van der Waals surface area contributed by atoms with E-state index in [4.69, 9.17) is 0 Å². The summed E-state index contributed by atoms with van der Waals surface area (Å²) in [6, 6.07) is 20.8. The third kappa shape index (κ3) is 4.59. The number of thioether (sulfide) groups is 1. The third-order valence-electron chi connectivity index (χ3n) is 6.48. The number of nitrogens with zero attached hydrogens (tertiary/aromatic N) is 5. The number of rotatable bonds is 6. The molecule has 3 heterocycles. The molecule has 3 aromatic rings. The van der Waals surface area contributed by atoms with Crippen molar-refractivity contribution in [2.45, 2.75) is 36.9 Å². The van der Waals surface area contributed by atoms with Gasteiger partial charge in [-0.1, -0.05) is 60.3 Å². The lowest BCUT2D eigenvalue weighted by atomic mass is 10.0. The summed E-state index contributed by atoms with van der Waals surface area (Å²) in [5, 5.41) is 9.66. The number of hydrogen-bond acceptors (Lipinski definition) is 5. The fraction of sp³-hybridized carbons (Fsp3) is 0.400. The quantitative estimate of drug-likeness (QED) is 0.532. The Morgan fingerprint density at radius 2 is 1.53 bits per heavy atom. The van der Waals surface area contributed by atoms with E-state index in [0.29, 0.717) is 11.8 Å². The fourth-order valence-electron chi connectivity index (χ4n) is 4.75. The van der Waals surface area contributed by atoms with Gasteiger partial charge < -0.3 is 9.80 Å². The fourth-order valence-corrected chi connectivity index (χ4v) is 5.61. The summed E-state index contributed by atoms with van der Waals surface area (Å²) in [6.45, 7) is 4.18. The van der Waals surface area contributed by atoms with Crippen LogP contribution in [-0.2, 0) is 4.79 Å². The van der Waals surface area contributed by atoms with Crippen molar-refractivity contribution in [2.24, 2.45) is 0 Å². The molecule has 0 spiro atoms. The molecule has 5 rings (SSSR count). The maximum Gasteiger partial charge on any atom is 0.233 e. The SMILES string of the molecule is O=C(CSc1nnc(-c2ccccc2)n1-c1ccccc1)N1CCC(N2CCCC2)CC1. The van der Waals surface area contributed by atoms with Crippen LogP contribution in [0, 0.1) is 0 Å². The summed E-state index contributed by atoms with van der Waals surface area (Å²) in [5.74, 6) is 1.37. The predicted octanol–water partition coefficient (Wildman–Crippen LogP) is 4.11. The highest BCUT2D eigenvalue weighted by Crippen LogP contribution is 2.28. The first-order chi connectivity index (χ1) is 15.8. The van der Waals surface area contributed by atoms with Crippen LogP contribution in [0.25, 0.3) is 17.1 Å². The van der Waals surface area contributed by atoms with Gasteiger partial charge in [0, 0.05) is 30.4 Å². The average Bonchev–Trinajstić information content (AvgIpc) is 3.54. The lowest BCUT2D eigenvalue weighted by Gasteiger charge is -2.36. The number of para-hydroxylation sites is 1. The molecular weight excluding hydrogens is 418 g/mol. The first kappa shape index (κ1) is 21.2. The molecule has 0 aliphatic carbocycles. The van der Waals surface area contributed by atoms with E-state index in [1.165, 1.54) is 37.7 Å². The van der Waals surface area contributed by atoms with Gasteiger partial charge >= 0.3 is 0 Å². The number of carbonyl (C=O) groups is 1. The zero-order chi connectivity index (χ0) is 21.8. The van der Waals surface area contributed by atoms with Gasteiger partial charge in [0.1, 0.15) is 0 Å². The molecule has 2 aliphatic rings. The molecule has 0 atom stereocenters. The van der Waals surface area contributed by atoms with E-state index in [2.05, 4.69) is 15.1 Å². The van der Waals surface area contributed by atoms with Crippen molar-refractivity contribution in [3.63, 3.8) is 0 Å². The highest BCUT2D eigenvalue weighted by atomic mass is 32.2. The lowest BCUT2D eigenvalue weighted by molar-refractivity contribution is -0.129. The summed E-state index contributed by atoms with van der Waals surface area (Å²) in [4.78, 5) is 17.6. The molecule has 0 saturated carbocycles. The second-order valence-corrected chi connectivity index (χ2v) is 9.43. The molecule has 0 unspecified atom stereocenters. The normalized spacial score (nSPS) is 17.7. The van der Waals surface area contributed by atoms with Crippen molar-refractivity contribution in [3.05, 3.63) is 60.7 Å². The van der Waals surface area contributed by atoms with Crippen molar-refractivity contribution in [1.82, 2.24) is 24.6 Å². The summed E-state index contributed by atoms with van der Waals surface area (Å²) in [5.41, 5.74) is 2.00. The molecule has 2 aliphatic heterocycles. The standard InChI is InChI=1S/C25H29N5OS/c31-23(29-17-13-21(14-18-29)28-15-7-8-16-28)19-32-25-27-26-24(20-9-3-1-4-10-20)30(25)22-11-5-2-6-12-22/h1-6,9-12,21H,7-8,13-19H2. The van der Waals surface area contributed by atoms with Crippen LogP contribution in [0.1, 0.15) is 25.7 Å². The maximum absolute atomic E-state index is 13.0. The summed E-state index contributed by atoms with van der Waals surface area (Å²) in [7, 11) is 0. The minimum Gasteiger partial charge on any atom is -0.342 e. The van der Waals surface area contributed by atoms with Crippen LogP contribution in [0.5, 0.6) is 0 Å². The number of benzene rings is 2.